The first-order valence-corrected chi connectivity index (χ1v) is 8.61. The van der Waals surface area contributed by atoms with Crippen LogP contribution in [0.15, 0.2) is 60.7 Å². The summed E-state index contributed by atoms with van der Waals surface area (Å²) in [6.45, 7) is 0.0776. The maximum atomic E-state index is 13.0. The molecule has 0 amide bonds. The molecule has 0 bridgehead atoms. The van der Waals surface area contributed by atoms with Crippen molar-refractivity contribution in [3.05, 3.63) is 88.5 Å². The SMILES string of the molecule is C.O=C1c2ccccc2C(=O)c2c(Nc3ccc(CCO)cc3)ccc(O)c21. The van der Waals surface area contributed by atoms with E-state index in [1.807, 2.05) is 24.3 Å². The summed E-state index contributed by atoms with van der Waals surface area (Å²) in [5, 5.41) is 22.4. The molecule has 0 spiro atoms. The summed E-state index contributed by atoms with van der Waals surface area (Å²) in [5.74, 6) is -0.864. The number of carbonyl (C=O) groups excluding carboxylic acids is 2. The maximum absolute atomic E-state index is 13.0. The highest BCUT2D eigenvalue weighted by Gasteiger charge is 2.33. The molecule has 28 heavy (non-hydrogen) atoms. The van der Waals surface area contributed by atoms with Gasteiger partial charge in [-0.15, -0.1) is 0 Å². The van der Waals surface area contributed by atoms with E-state index in [0.29, 0.717) is 23.2 Å². The van der Waals surface area contributed by atoms with Crippen LogP contribution in [-0.2, 0) is 6.42 Å². The van der Waals surface area contributed by atoms with Crippen LogP contribution >= 0.6 is 0 Å². The van der Waals surface area contributed by atoms with Gasteiger partial charge in [0.15, 0.2) is 11.6 Å². The molecule has 3 aromatic rings. The van der Waals surface area contributed by atoms with E-state index < -0.39 is 0 Å². The zero-order chi connectivity index (χ0) is 19.0. The molecule has 3 aromatic carbocycles. The molecule has 0 fully saturated rings. The van der Waals surface area contributed by atoms with Crippen molar-refractivity contribution in [2.24, 2.45) is 0 Å². The van der Waals surface area contributed by atoms with E-state index >= 15 is 0 Å². The molecule has 1 aliphatic carbocycles. The molecule has 0 unspecified atom stereocenters. The first-order chi connectivity index (χ1) is 13.1. The molecular formula is C23H21NO4. The van der Waals surface area contributed by atoms with Crippen LogP contribution in [0.4, 0.5) is 11.4 Å². The highest BCUT2D eigenvalue weighted by molar-refractivity contribution is 6.31. The Bertz CT molecular complexity index is 1050. The number of aliphatic hydroxyl groups excluding tert-OH is 1. The summed E-state index contributed by atoms with van der Waals surface area (Å²) >= 11 is 0. The number of fused-ring (bicyclic) bond motifs is 2. The number of anilines is 2. The lowest BCUT2D eigenvalue weighted by molar-refractivity contribution is 0.0977. The lowest BCUT2D eigenvalue weighted by Gasteiger charge is -2.21. The number of aliphatic hydroxyl groups is 1. The van der Waals surface area contributed by atoms with Crippen molar-refractivity contribution in [1.29, 1.82) is 0 Å². The summed E-state index contributed by atoms with van der Waals surface area (Å²) < 4.78 is 0. The fraction of sp³-hybridized carbons (Fsp3) is 0.130. The molecule has 5 heteroatoms. The Kier molecular flexibility index (Phi) is 5.29. The Morgan fingerprint density at radius 2 is 1.39 bits per heavy atom. The molecule has 0 aliphatic heterocycles. The van der Waals surface area contributed by atoms with Crippen LogP contribution in [0, 0.1) is 0 Å². The molecule has 0 atom stereocenters. The van der Waals surface area contributed by atoms with Crippen molar-refractivity contribution in [2.45, 2.75) is 13.8 Å². The number of aromatic hydroxyl groups is 1. The van der Waals surface area contributed by atoms with Gasteiger partial charge in [0.1, 0.15) is 5.75 Å². The number of ketones is 2. The van der Waals surface area contributed by atoms with Gasteiger partial charge in [-0.25, -0.2) is 0 Å². The van der Waals surface area contributed by atoms with Gasteiger partial charge in [0, 0.05) is 23.4 Å². The predicted molar refractivity (Wildman–Crippen MR) is 109 cm³/mol. The Balaban J connectivity index is 0.00000225. The van der Waals surface area contributed by atoms with E-state index in [9.17, 15) is 14.7 Å². The van der Waals surface area contributed by atoms with Gasteiger partial charge in [-0.3, -0.25) is 9.59 Å². The standard InChI is InChI=1S/C22H17NO4.CH4/c24-12-11-13-5-7-14(8-6-13)23-17-9-10-18(25)20-19(17)21(26)15-3-1-2-4-16(15)22(20)27;/h1-10,23-25H,11-12H2;1H4. The summed E-state index contributed by atoms with van der Waals surface area (Å²) in [5.41, 5.74) is 3.04. The second-order valence-corrected chi connectivity index (χ2v) is 6.38. The number of carbonyl (C=O) groups is 2. The van der Waals surface area contributed by atoms with Gasteiger partial charge in [-0.2, -0.15) is 0 Å². The van der Waals surface area contributed by atoms with E-state index in [1.165, 1.54) is 6.07 Å². The normalized spacial score (nSPS) is 12.0. The lowest BCUT2D eigenvalue weighted by atomic mass is 9.82. The van der Waals surface area contributed by atoms with E-state index in [2.05, 4.69) is 5.32 Å². The minimum Gasteiger partial charge on any atom is -0.507 e. The highest BCUT2D eigenvalue weighted by atomic mass is 16.3. The number of phenols is 1. The minimum absolute atomic E-state index is 0. The van der Waals surface area contributed by atoms with Gasteiger partial charge in [0.05, 0.1) is 16.8 Å². The summed E-state index contributed by atoms with van der Waals surface area (Å²) in [6.07, 6.45) is 0.568. The van der Waals surface area contributed by atoms with Crippen molar-refractivity contribution in [3.8, 4) is 5.75 Å². The number of hydrogen-bond acceptors (Lipinski definition) is 5. The summed E-state index contributed by atoms with van der Waals surface area (Å²) in [4.78, 5) is 25.9. The molecule has 1 aliphatic rings. The van der Waals surface area contributed by atoms with Crippen molar-refractivity contribution in [2.75, 3.05) is 11.9 Å². The summed E-state index contributed by atoms with van der Waals surface area (Å²) in [6, 6.07) is 17.1. The Labute approximate surface area is 163 Å². The van der Waals surface area contributed by atoms with Crippen molar-refractivity contribution >= 4 is 22.9 Å². The van der Waals surface area contributed by atoms with Crippen LogP contribution in [0.3, 0.4) is 0 Å². The largest absolute Gasteiger partial charge is 0.507 e. The van der Waals surface area contributed by atoms with Crippen LogP contribution in [-0.4, -0.2) is 28.4 Å². The lowest BCUT2D eigenvalue weighted by Crippen LogP contribution is -2.22. The molecule has 0 saturated heterocycles. The fourth-order valence-electron chi connectivity index (χ4n) is 3.35. The zero-order valence-electron chi connectivity index (χ0n) is 14.4. The Hall–Kier alpha value is -3.44. The second-order valence-electron chi connectivity index (χ2n) is 6.38. The maximum Gasteiger partial charge on any atom is 0.198 e. The fourth-order valence-corrected chi connectivity index (χ4v) is 3.35. The molecule has 142 valence electrons. The van der Waals surface area contributed by atoms with E-state index in [-0.39, 0.29) is 42.5 Å². The van der Waals surface area contributed by atoms with Crippen LogP contribution in [0.1, 0.15) is 44.8 Å². The monoisotopic (exact) mass is 375 g/mol. The average molecular weight is 375 g/mol. The van der Waals surface area contributed by atoms with Crippen molar-refractivity contribution in [3.63, 3.8) is 0 Å². The minimum atomic E-state index is -0.361. The molecule has 0 aromatic heterocycles. The van der Waals surface area contributed by atoms with E-state index in [1.54, 1.807) is 30.3 Å². The number of rotatable bonds is 4. The molecule has 0 heterocycles. The molecular weight excluding hydrogens is 354 g/mol. The van der Waals surface area contributed by atoms with Crippen LogP contribution in [0.2, 0.25) is 0 Å². The third-order valence-corrected chi connectivity index (χ3v) is 4.69. The van der Waals surface area contributed by atoms with Gasteiger partial charge in [0.2, 0.25) is 0 Å². The second kappa shape index (κ2) is 7.66. The first-order valence-electron chi connectivity index (χ1n) is 8.61. The third kappa shape index (κ3) is 3.17. The average Bonchev–Trinajstić information content (AvgIpc) is 2.69. The third-order valence-electron chi connectivity index (χ3n) is 4.69. The highest BCUT2D eigenvalue weighted by Crippen LogP contribution is 2.37. The van der Waals surface area contributed by atoms with Gasteiger partial charge in [0.25, 0.3) is 0 Å². The number of phenolic OH excluding ortho intramolecular Hbond substituents is 1. The van der Waals surface area contributed by atoms with Gasteiger partial charge in [-0.1, -0.05) is 43.8 Å². The van der Waals surface area contributed by atoms with E-state index in [0.717, 1.165) is 11.3 Å². The van der Waals surface area contributed by atoms with Crippen LogP contribution in [0.5, 0.6) is 5.75 Å². The summed E-state index contributed by atoms with van der Waals surface area (Å²) in [7, 11) is 0. The van der Waals surface area contributed by atoms with Crippen LogP contribution < -0.4 is 5.32 Å². The van der Waals surface area contributed by atoms with E-state index in [4.69, 9.17) is 5.11 Å². The Morgan fingerprint density at radius 3 is 2.00 bits per heavy atom. The topological polar surface area (TPSA) is 86.6 Å². The van der Waals surface area contributed by atoms with Gasteiger partial charge < -0.3 is 15.5 Å². The van der Waals surface area contributed by atoms with Gasteiger partial charge in [-0.05, 0) is 36.2 Å². The van der Waals surface area contributed by atoms with Crippen LogP contribution in [0.25, 0.3) is 0 Å². The Morgan fingerprint density at radius 1 is 0.786 bits per heavy atom. The number of nitrogens with one attached hydrogen (secondary N) is 1. The van der Waals surface area contributed by atoms with Crippen molar-refractivity contribution in [1.82, 2.24) is 0 Å². The number of hydrogen-bond donors (Lipinski definition) is 3. The molecule has 3 N–H and O–H groups in total. The molecule has 4 rings (SSSR count). The zero-order valence-corrected chi connectivity index (χ0v) is 14.4. The molecule has 0 saturated carbocycles. The van der Waals surface area contributed by atoms with Crippen molar-refractivity contribution < 1.29 is 19.8 Å². The predicted octanol–water partition coefficient (Wildman–Crippen LogP) is 4.08. The first kappa shape index (κ1) is 19.3. The van der Waals surface area contributed by atoms with Gasteiger partial charge >= 0.3 is 0 Å². The number of benzene rings is 3. The smallest absolute Gasteiger partial charge is 0.198 e. The quantitative estimate of drug-likeness (QED) is 0.468. The molecule has 0 radical (unpaired) electrons. The molecule has 5 nitrogen and oxygen atoms in total.